The number of halogens is 1. The third-order valence-electron chi connectivity index (χ3n) is 2.95. The van der Waals surface area contributed by atoms with Crippen LogP contribution in [0.5, 0.6) is 0 Å². The van der Waals surface area contributed by atoms with E-state index < -0.39 is 0 Å². The van der Waals surface area contributed by atoms with Gasteiger partial charge in [0.2, 0.25) is 0 Å². The lowest BCUT2D eigenvalue weighted by molar-refractivity contribution is -0.142. The molecule has 1 aliphatic carbocycles. The zero-order valence-electron chi connectivity index (χ0n) is 10.3. The number of ether oxygens (including phenoxy) is 1. The fourth-order valence-electron chi connectivity index (χ4n) is 1.74. The van der Waals surface area contributed by atoms with Crippen LogP contribution in [0.3, 0.4) is 0 Å². The van der Waals surface area contributed by atoms with Crippen molar-refractivity contribution in [3.63, 3.8) is 0 Å². The molecule has 18 heavy (non-hydrogen) atoms. The van der Waals surface area contributed by atoms with Gasteiger partial charge >= 0.3 is 5.97 Å². The van der Waals surface area contributed by atoms with Crippen molar-refractivity contribution in [2.45, 2.75) is 25.7 Å². The van der Waals surface area contributed by atoms with Gasteiger partial charge in [0.1, 0.15) is 12.4 Å². The van der Waals surface area contributed by atoms with E-state index in [1.807, 2.05) is 0 Å². The Kier molecular flexibility index (Phi) is 4.51. The molecular weight excluding hydrogens is 231 g/mol. The van der Waals surface area contributed by atoms with E-state index in [2.05, 4.69) is 0 Å². The van der Waals surface area contributed by atoms with Crippen LogP contribution in [0.1, 0.15) is 31.2 Å². The van der Waals surface area contributed by atoms with Gasteiger partial charge in [-0.2, -0.15) is 0 Å². The Morgan fingerprint density at radius 1 is 1.44 bits per heavy atom. The molecule has 1 saturated carbocycles. The minimum Gasteiger partial charge on any atom is -0.461 e. The van der Waals surface area contributed by atoms with Crippen LogP contribution in [0.4, 0.5) is 4.39 Å². The smallest absolute Gasteiger partial charge is 0.306 e. The van der Waals surface area contributed by atoms with Gasteiger partial charge in [0.15, 0.2) is 0 Å². The molecule has 0 saturated heterocycles. The van der Waals surface area contributed by atoms with Gasteiger partial charge in [-0.3, -0.25) is 4.79 Å². The second-order valence-electron chi connectivity index (χ2n) is 4.62. The Labute approximate surface area is 106 Å². The van der Waals surface area contributed by atoms with Crippen LogP contribution in [0.25, 0.3) is 6.08 Å². The topological polar surface area (TPSA) is 26.3 Å². The molecule has 0 aromatic heterocycles. The third kappa shape index (κ3) is 4.70. The molecule has 1 aromatic carbocycles. The summed E-state index contributed by atoms with van der Waals surface area (Å²) in [6.45, 7) is 0.250. The standard InChI is InChI=1S/C15H17FO2/c16-14-5-1-3-13(11-14)4-2-10-18-15(17)9-8-12-6-7-12/h1-5,11-12H,6-10H2/b4-2+. The molecule has 96 valence electrons. The van der Waals surface area contributed by atoms with Crippen LogP contribution in [0, 0.1) is 11.7 Å². The molecule has 2 rings (SSSR count). The Bertz CT molecular complexity index is 436. The van der Waals surface area contributed by atoms with Crippen LogP contribution in [0.15, 0.2) is 30.3 Å². The fraction of sp³-hybridized carbons (Fsp3) is 0.400. The first-order valence-electron chi connectivity index (χ1n) is 6.32. The second kappa shape index (κ2) is 6.34. The first kappa shape index (κ1) is 12.8. The molecular formula is C15H17FO2. The van der Waals surface area contributed by atoms with Crippen molar-refractivity contribution < 1.29 is 13.9 Å². The summed E-state index contributed by atoms with van der Waals surface area (Å²) in [6, 6.07) is 6.28. The highest BCUT2D eigenvalue weighted by atomic mass is 19.1. The van der Waals surface area contributed by atoms with Gasteiger partial charge in [-0.15, -0.1) is 0 Å². The molecule has 1 aliphatic rings. The predicted octanol–water partition coefficient (Wildman–Crippen LogP) is 3.57. The monoisotopic (exact) mass is 248 g/mol. The van der Waals surface area contributed by atoms with E-state index >= 15 is 0 Å². The zero-order valence-corrected chi connectivity index (χ0v) is 10.3. The first-order valence-corrected chi connectivity index (χ1v) is 6.32. The van der Waals surface area contributed by atoms with Crippen LogP contribution in [0.2, 0.25) is 0 Å². The highest BCUT2D eigenvalue weighted by Gasteiger charge is 2.21. The van der Waals surface area contributed by atoms with E-state index in [4.69, 9.17) is 4.74 Å². The molecule has 1 fully saturated rings. The number of hydrogen-bond acceptors (Lipinski definition) is 2. The van der Waals surface area contributed by atoms with Gasteiger partial charge in [-0.05, 0) is 36.1 Å². The van der Waals surface area contributed by atoms with Crippen molar-refractivity contribution in [3.8, 4) is 0 Å². The molecule has 0 spiro atoms. The first-order chi connectivity index (χ1) is 8.74. The maximum Gasteiger partial charge on any atom is 0.306 e. The molecule has 0 aliphatic heterocycles. The van der Waals surface area contributed by atoms with Gasteiger partial charge in [-0.25, -0.2) is 4.39 Å². The molecule has 0 amide bonds. The molecule has 3 heteroatoms. The minimum absolute atomic E-state index is 0.147. The predicted molar refractivity (Wildman–Crippen MR) is 68.4 cm³/mol. The largest absolute Gasteiger partial charge is 0.461 e. The van der Waals surface area contributed by atoms with Crippen LogP contribution < -0.4 is 0 Å². The third-order valence-corrected chi connectivity index (χ3v) is 2.95. The summed E-state index contributed by atoms with van der Waals surface area (Å²) in [4.78, 5) is 11.3. The Morgan fingerprint density at radius 2 is 2.28 bits per heavy atom. The van der Waals surface area contributed by atoms with Crippen molar-refractivity contribution in [2.24, 2.45) is 5.92 Å². The SMILES string of the molecule is O=C(CCC1CC1)OC/C=C/c1cccc(F)c1. The number of carbonyl (C=O) groups excluding carboxylic acids is 1. The minimum atomic E-state index is -0.265. The number of benzene rings is 1. The zero-order chi connectivity index (χ0) is 12.8. The number of carbonyl (C=O) groups is 1. The van der Waals surface area contributed by atoms with Crippen molar-refractivity contribution >= 4 is 12.0 Å². The van der Waals surface area contributed by atoms with Gasteiger partial charge in [0.25, 0.3) is 0 Å². The van der Waals surface area contributed by atoms with Gasteiger partial charge in [0, 0.05) is 6.42 Å². The lowest BCUT2D eigenvalue weighted by Gasteiger charge is -2.00. The van der Waals surface area contributed by atoms with Crippen LogP contribution >= 0.6 is 0 Å². The van der Waals surface area contributed by atoms with Crippen molar-refractivity contribution in [1.29, 1.82) is 0 Å². The van der Waals surface area contributed by atoms with E-state index in [-0.39, 0.29) is 18.4 Å². The van der Waals surface area contributed by atoms with Crippen molar-refractivity contribution in [3.05, 3.63) is 41.7 Å². The quantitative estimate of drug-likeness (QED) is 0.719. The highest BCUT2D eigenvalue weighted by Crippen LogP contribution is 2.33. The summed E-state index contributed by atoms with van der Waals surface area (Å²) >= 11 is 0. The summed E-state index contributed by atoms with van der Waals surface area (Å²) in [5, 5.41) is 0. The molecule has 1 aromatic rings. The number of rotatable bonds is 6. The number of hydrogen-bond donors (Lipinski definition) is 0. The summed E-state index contributed by atoms with van der Waals surface area (Å²) in [5.74, 6) is 0.338. The fourth-order valence-corrected chi connectivity index (χ4v) is 1.74. The molecule has 0 N–H and O–H groups in total. The molecule has 0 heterocycles. The maximum absolute atomic E-state index is 12.9. The van der Waals surface area contributed by atoms with Gasteiger partial charge < -0.3 is 4.74 Å². The van der Waals surface area contributed by atoms with Gasteiger partial charge in [0.05, 0.1) is 0 Å². The van der Waals surface area contributed by atoms with E-state index in [1.54, 1.807) is 24.3 Å². The summed E-state index contributed by atoms with van der Waals surface area (Å²) < 4.78 is 17.9. The van der Waals surface area contributed by atoms with Gasteiger partial charge in [-0.1, -0.05) is 31.1 Å². The van der Waals surface area contributed by atoms with E-state index in [9.17, 15) is 9.18 Å². The Hall–Kier alpha value is -1.64. The normalized spacial score (nSPS) is 14.9. The Balaban J connectivity index is 1.65. The second-order valence-corrected chi connectivity index (χ2v) is 4.62. The van der Waals surface area contributed by atoms with Crippen molar-refractivity contribution in [1.82, 2.24) is 0 Å². The average molecular weight is 248 g/mol. The molecule has 2 nitrogen and oxygen atoms in total. The average Bonchev–Trinajstić information content (AvgIpc) is 3.16. The van der Waals surface area contributed by atoms with Crippen LogP contribution in [-0.4, -0.2) is 12.6 Å². The summed E-state index contributed by atoms with van der Waals surface area (Å²) in [7, 11) is 0. The van der Waals surface area contributed by atoms with Crippen molar-refractivity contribution in [2.75, 3.05) is 6.61 Å². The summed E-state index contributed by atoms with van der Waals surface area (Å²) in [6.07, 6.45) is 7.45. The molecule has 0 atom stereocenters. The van der Waals surface area contributed by atoms with Crippen LogP contribution in [-0.2, 0) is 9.53 Å². The van der Waals surface area contributed by atoms with E-state index in [0.717, 1.165) is 17.9 Å². The highest BCUT2D eigenvalue weighted by molar-refractivity contribution is 5.69. The summed E-state index contributed by atoms with van der Waals surface area (Å²) in [5.41, 5.74) is 0.768. The Morgan fingerprint density at radius 3 is 3.00 bits per heavy atom. The maximum atomic E-state index is 12.9. The molecule has 0 radical (unpaired) electrons. The molecule has 0 bridgehead atoms. The van der Waals surface area contributed by atoms with E-state index in [0.29, 0.717) is 6.42 Å². The lowest BCUT2D eigenvalue weighted by Crippen LogP contribution is -2.04. The number of esters is 1. The van der Waals surface area contributed by atoms with E-state index in [1.165, 1.54) is 25.0 Å². The lowest BCUT2D eigenvalue weighted by atomic mass is 10.2. The molecule has 0 unspecified atom stereocenters.